The molecule has 6 nitrogen and oxygen atoms in total. The second-order valence-corrected chi connectivity index (χ2v) is 6.27. The maximum absolute atomic E-state index is 14.2. The predicted molar refractivity (Wildman–Crippen MR) is 101 cm³/mol. The molecule has 1 aromatic heterocycles. The van der Waals surface area contributed by atoms with E-state index >= 15 is 0 Å². The standard InChI is InChI=1S/C21H18FN3O3/c1-13-2-7-18(19(22)8-13)16-9-17(12-23-11-16)20(26)24-10-14-3-5-15(6-4-14)21(27)25-28/h2-9,11-12,28H,10H2,1H3,(H,24,26)(H,25,27). The first-order valence-corrected chi connectivity index (χ1v) is 8.51. The van der Waals surface area contributed by atoms with E-state index in [1.807, 2.05) is 0 Å². The Kier molecular flexibility index (Phi) is 5.76. The Morgan fingerprint density at radius 3 is 2.43 bits per heavy atom. The third-order valence-corrected chi connectivity index (χ3v) is 4.21. The predicted octanol–water partition coefficient (Wildman–Crippen LogP) is 3.25. The van der Waals surface area contributed by atoms with E-state index in [-0.39, 0.29) is 18.3 Å². The average Bonchev–Trinajstić information content (AvgIpc) is 2.72. The van der Waals surface area contributed by atoms with Gasteiger partial charge in [-0.05, 0) is 42.3 Å². The smallest absolute Gasteiger partial charge is 0.274 e. The van der Waals surface area contributed by atoms with E-state index in [1.54, 1.807) is 42.7 Å². The molecule has 2 amide bonds. The number of carbonyl (C=O) groups is 2. The van der Waals surface area contributed by atoms with E-state index in [0.29, 0.717) is 22.3 Å². The van der Waals surface area contributed by atoms with Gasteiger partial charge in [-0.1, -0.05) is 24.3 Å². The van der Waals surface area contributed by atoms with Gasteiger partial charge < -0.3 is 5.32 Å². The second kappa shape index (κ2) is 8.41. The Morgan fingerprint density at radius 2 is 1.75 bits per heavy atom. The number of hydroxylamine groups is 1. The number of halogens is 1. The van der Waals surface area contributed by atoms with Crippen molar-refractivity contribution < 1.29 is 19.2 Å². The molecule has 0 aliphatic carbocycles. The van der Waals surface area contributed by atoms with Crippen molar-refractivity contribution in [1.82, 2.24) is 15.8 Å². The SMILES string of the molecule is Cc1ccc(-c2cncc(C(=O)NCc3ccc(C(=O)NO)cc3)c2)c(F)c1. The minimum absolute atomic E-state index is 0.239. The van der Waals surface area contributed by atoms with Crippen molar-refractivity contribution in [3.63, 3.8) is 0 Å². The number of hydrogen-bond donors (Lipinski definition) is 3. The van der Waals surface area contributed by atoms with Crippen molar-refractivity contribution >= 4 is 11.8 Å². The molecule has 0 fully saturated rings. The van der Waals surface area contributed by atoms with Crippen LogP contribution in [0.2, 0.25) is 0 Å². The van der Waals surface area contributed by atoms with Crippen LogP contribution >= 0.6 is 0 Å². The van der Waals surface area contributed by atoms with E-state index in [1.165, 1.54) is 30.6 Å². The maximum Gasteiger partial charge on any atom is 0.274 e. The van der Waals surface area contributed by atoms with Gasteiger partial charge >= 0.3 is 0 Å². The topological polar surface area (TPSA) is 91.3 Å². The first kappa shape index (κ1) is 19.2. The molecule has 0 atom stereocenters. The summed E-state index contributed by atoms with van der Waals surface area (Å²) in [6.07, 6.45) is 2.93. The van der Waals surface area contributed by atoms with Gasteiger partial charge in [-0.25, -0.2) is 9.87 Å². The van der Waals surface area contributed by atoms with Gasteiger partial charge in [-0.3, -0.25) is 19.8 Å². The van der Waals surface area contributed by atoms with Gasteiger partial charge in [0.15, 0.2) is 0 Å². The van der Waals surface area contributed by atoms with Gasteiger partial charge in [0.1, 0.15) is 5.82 Å². The highest BCUT2D eigenvalue weighted by Gasteiger charge is 2.11. The summed E-state index contributed by atoms with van der Waals surface area (Å²) in [5.74, 6) is -1.33. The average molecular weight is 379 g/mol. The van der Waals surface area contributed by atoms with Crippen molar-refractivity contribution in [2.45, 2.75) is 13.5 Å². The van der Waals surface area contributed by atoms with Gasteiger partial charge in [0.05, 0.1) is 5.56 Å². The number of pyridine rings is 1. The molecule has 0 spiro atoms. The first-order chi connectivity index (χ1) is 13.5. The highest BCUT2D eigenvalue weighted by Crippen LogP contribution is 2.23. The van der Waals surface area contributed by atoms with Crippen LogP contribution in [-0.4, -0.2) is 22.0 Å². The third-order valence-electron chi connectivity index (χ3n) is 4.21. The first-order valence-electron chi connectivity index (χ1n) is 8.51. The Hall–Kier alpha value is -3.58. The number of hydrogen-bond acceptors (Lipinski definition) is 4. The molecule has 0 saturated carbocycles. The highest BCUT2D eigenvalue weighted by atomic mass is 19.1. The van der Waals surface area contributed by atoms with Crippen molar-refractivity contribution in [2.24, 2.45) is 0 Å². The normalized spacial score (nSPS) is 10.4. The molecule has 1 heterocycles. The molecule has 0 bridgehead atoms. The summed E-state index contributed by atoms with van der Waals surface area (Å²) in [4.78, 5) is 27.8. The lowest BCUT2D eigenvalue weighted by molar-refractivity contribution is 0.0706. The summed E-state index contributed by atoms with van der Waals surface area (Å²) < 4.78 is 14.2. The van der Waals surface area contributed by atoms with Gasteiger partial charge in [0.2, 0.25) is 0 Å². The van der Waals surface area contributed by atoms with Crippen LogP contribution in [0.25, 0.3) is 11.1 Å². The van der Waals surface area contributed by atoms with Crippen molar-refractivity contribution in [3.8, 4) is 11.1 Å². The number of carbonyl (C=O) groups excluding carboxylic acids is 2. The lowest BCUT2D eigenvalue weighted by Crippen LogP contribution is -2.23. The van der Waals surface area contributed by atoms with E-state index in [9.17, 15) is 14.0 Å². The molecule has 7 heteroatoms. The van der Waals surface area contributed by atoms with Gasteiger partial charge in [0, 0.05) is 35.6 Å². The quantitative estimate of drug-likeness (QED) is 0.469. The van der Waals surface area contributed by atoms with E-state index in [0.717, 1.165) is 11.1 Å². The minimum Gasteiger partial charge on any atom is -0.348 e. The Balaban J connectivity index is 1.70. The number of rotatable bonds is 5. The van der Waals surface area contributed by atoms with Crippen LogP contribution < -0.4 is 10.8 Å². The van der Waals surface area contributed by atoms with Gasteiger partial charge in [-0.15, -0.1) is 0 Å². The van der Waals surface area contributed by atoms with Crippen LogP contribution in [0.4, 0.5) is 4.39 Å². The van der Waals surface area contributed by atoms with Crippen molar-refractivity contribution in [1.29, 1.82) is 0 Å². The second-order valence-electron chi connectivity index (χ2n) is 6.27. The Labute approximate surface area is 161 Å². The number of nitrogens with zero attached hydrogens (tertiary/aromatic N) is 1. The molecule has 28 heavy (non-hydrogen) atoms. The fourth-order valence-corrected chi connectivity index (χ4v) is 2.69. The van der Waals surface area contributed by atoms with Crippen LogP contribution in [0.3, 0.4) is 0 Å². The van der Waals surface area contributed by atoms with Crippen LogP contribution in [0.1, 0.15) is 31.8 Å². The molecule has 0 saturated heterocycles. The van der Waals surface area contributed by atoms with Crippen LogP contribution in [0.15, 0.2) is 60.9 Å². The molecule has 0 radical (unpaired) electrons. The summed E-state index contributed by atoms with van der Waals surface area (Å²) in [6, 6.07) is 12.9. The maximum atomic E-state index is 14.2. The molecule has 0 aliphatic rings. The molecule has 3 rings (SSSR count). The Morgan fingerprint density at radius 1 is 1.00 bits per heavy atom. The zero-order valence-corrected chi connectivity index (χ0v) is 15.1. The molecule has 0 unspecified atom stereocenters. The number of nitrogens with one attached hydrogen (secondary N) is 2. The van der Waals surface area contributed by atoms with Gasteiger partial charge in [-0.2, -0.15) is 0 Å². The van der Waals surface area contributed by atoms with Crippen molar-refractivity contribution in [3.05, 3.63) is 89.0 Å². The number of amides is 2. The summed E-state index contributed by atoms with van der Waals surface area (Å²) in [7, 11) is 0. The fraction of sp³-hybridized carbons (Fsp3) is 0.0952. The van der Waals surface area contributed by atoms with Crippen LogP contribution in [-0.2, 0) is 6.54 Å². The van der Waals surface area contributed by atoms with Crippen molar-refractivity contribution in [2.75, 3.05) is 0 Å². The largest absolute Gasteiger partial charge is 0.348 e. The molecular weight excluding hydrogens is 361 g/mol. The third kappa shape index (κ3) is 4.39. The number of aromatic nitrogens is 1. The van der Waals surface area contributed by atoms with E-state index < -0.39 is 5.91 Å². The fourth-order valence-electron chi connectivity index (χ4n) is 2.69. The highest BCUT2D eigenvalue weighted by molar-refractivity contribution is 5.95. The molecule has 2 aromatic carbocycles. The monoisotopic (exact) mass is 379 g/mol. The van der Waals surface area contributed by atoms with E-state index in [2.05, 4.69) is 10.3 Å². The summed E-state index contributed by atoms with van der Waals surface area (Å²) in [6.45, 7) is 2.04. The number of benzene rings is 2. The molecular formula is C21H18FN3O3. The van der Waals surface area contributed by atoms with E-state index in [4.69, 9.17) is 5.21 Å². The lowest BCUT2D eigenvalue weighted by Gasteiger charge is -2.08. The minimum atomic E-state index is -0.609. The summed E-state index contributed by atoms with van der Waals surface area (Å²) in [5, 5.41) is 11.4. The summed E-state index contributed by atoms with van der Waals surface area (Å²) >= 11 is 0. The molecule has 3 N–H and O–H groups in total. The lowest BCUT2D eigenvalue weighted by atomic mass is 10.0. The van der Waals surface area contributed by atoms with Gasteiger partial charge in [0.25, 0.3) is 11.8 Å². The van der Waals surface area contributed by atoms with Crippen LogP contribution in [0, 0.1) is 12.7 Å². The number of aryl methyl sites for hydroxylation is 1. The molecule has 3 aromatic rings. The zero-order chi connectivity index (χ0) is 20.1. The molecule has 0 aliphatic heterocycles. The molecule has 142 valence electrons. The zero-order valence-electron chi connectivity index (χ0n) is 15.1. The Bertz CT molecular complexity index is 1020. The summed E-state index contributed by atoms with van der Waals surface area (Å²) in [5.41, 5.74) is 4.65. The van der Waals surface area contributed by atoms with Crippen LogP contribution in [0.5, 0.6) is 0 Å².